The van der Waals surface area contributed by atoms with Crippen molar-refractivity contribution in [2.45, 2.75) is 13.3 Å². The van der Waals surface area contributed by atoms with Gasteiger partial charge in [-0.2, -0.15) is 0 Å². The lowest BCUT2D eigenvalue weighted by Crippen LogP contribution is -2.46. The molecule has 0 aliphatic heterocycles. The molecule has 0 amide bonds. The van der Waals surface area contributed by atoms with Gasteiger partial charge in [-0.15, -0.1) is 0 Å². The van der Waals surface area contributed by atoms with Gasteiger partial charge in [-0.25, -0.2) is 4.99 Å². The van der Waals surface area contributed by atoms with E-state index in [1.165, 1.54) is 6.92 Å². The Morgan fingerprint density at radius 2 is 1.77 bits per heavy atom. The average molecular weight is 189 g/mol. The van der Waals surface area contributed by atoms with Gasteiger partial charge in [0.2, 0.25) is 0 Å². The summed E-state index contributed by atoms with van der Waals surface area (Å²) in [6.45, 7) is 1.54. The molecule has 0 aromatic rings. The van der Waals surface area contributed by atoms with Gasteiger partial charge >= 0.3 is 0 Å². The highest BCUT2D eigenvalue weighted by atomic mass is 16.4. The molecule has 0 aromatic heterocycles. The molecule has 2 N–H and O–H groups in total. The zero-order valence-electron chi connectivity index (χ0n) is 9.00. The largest absolute Gasteiger partial charge is 0.550 e. The molecular formula is C8H19N3O2. The van der Waals surface area contributed by atoms with Crippen molar-refractivity contribution in [1.29, 1.82) is 0 Å². The SMILES string of the molecule is C/N=C(\N)[N+](C)(C)C.CCC(=O)[O-]. The van der Waals surface area contributed by atoms with Crippen LogP contribution < -0.4 is 10.8 Å². The van der Waals surface area contributed by atoms with E-state index in [2.05, 4.69) is 4.99 Å². The third kappa shape index (κ3) is 10.9. The van der Waals surface area contributed by atoms with Gasteiger partial charge in [0.25, 0.3) is 5.96 Å². The number of nitrogens with two attached hydrogens (primary N) is 1. The van der Waals surface area contributed by atoms with Crippen LogP contribution in [0.1, 0.15) is 13.3 Å². The second kappa shape index (κ2) is 6.42. The molecule has 0 fully saturated rings. The number of aliphatic carboxylic acids is 1. The first kappa shape index (κ1) is 14.4. The van der Waals surface area contributed by atoms with E-state index in [0.29, 0.717) is 10.4 Å². The summed E-state index contributed by atoms with van der Waals surface area (Å²) in [5.41, 5.74) is 5.47. The third-order valence-electron chi connectivity index (χ3n) is 1.21. The van der Waals surface area contributed by atoms with E-state index < -0.39 is 5.97 Å². The molecule has 0 saturated heterocycles. The highest BCUT2D eigenvalue weighted by Gasteiger charge is 2.10. The minimum Gasteiger partial charge on any atom is -0.550 e. The Morgan fingerprint density at radius 3 is 1.77 bits per heavy atom. The summed E-state index contributed by atoms with van der Waals surface area (Å²) in [5, 5.41) is 9.26. The van der Waals surface area contributed by atoms with Gasteiger partial charge in [-0.1, -0.05) is 6.92 Å². The van der Waals surface area contributed by atoms with Crippen molar-refractivity contribution in [3.8, 4) is 0 Å². The van der Waals surface area contributed by atoms with Gasteiger partial charge in [-0.05, 0) is 6.42 Å². The fourth-order valence-corrected chi connectivity index (χ4v) is 0.300. The lowest BCUT2D eigenvalue weighted by molar-refractivity contribution is -0.778. The van der Waals surface area contributed by atoms with Crippen molar-refractivity contribution in [1.82, 2.24) is 0 Å². The minimum absolute atomic E-state index is 0.111. The van der Waals surface area contributed by atoms with Crippen molar-refractivity contribution in [3.05, 3.63) is 0 Å². The van der Waals surface area contributed by atoms with E-state index in [0.717, 1.165) is 0 Å². The molecule has 0 heterocycles. The molecule has 0 aliphatic carbocycles. The zero-order valence-corrected chi connectivity index (χ0v) is 9.00. The fourth-order valence-electron chi connectivity index (χ4n) is 0.300. The van der Waals surface area contributed by atoms with Crippen molar-refractivity contribution < 1.29 is 14.4 Å². The standard InChI is InChI=1S/C5H14N3.C3H6O2/c1-7-5(6)8(2,3)4;1-2-3(4)5/h1-4H3,(H2,6,7);2H2,1H3,(H,4,5)/q+1;/p-1. The van der Waals surface area contributed by atoms with Gasteiger partial charge < -0.3 is 15.6 Å². The lowest BCUT2D eigenvalue weighted by Gasteiger charge is -2.20. The maximum atomic E-state index is 9.26. The smallest absolute Gasteiger partial charge is 0.294 e. The molecule has 5 nitrogen and oxygen atoms in total. The van der Waals surface area contributed by atoms with Crippen molar-refractivity contribution in [2.75, 3.05) is 28.2 Å². The lowest BCUT2D eigenvalue weighted by atomic mass is 10.5. The Labute approximate surface area is 79.5 Å². The van der Waals surface area contributed by atoms with Crippen LogP contribution in [0.2, 0.25) is 0 Å². The van der Waals surface area contributed by atoms with Crippen LogP contribution in [0.25, 0.3) is 0 Å². The predicted octanol–water partition coefficient (Wildman–Crippen LogP) is -1.22. The number of carboxylic acid groups (broad SMARTS) is 1. The normalized spacial score (nSPS) is 11.6. The van der Waals surface area contributed by atoms with E-state index in [4.69, 9.17) is 5.73 Å². The molecule has 0 saturated carbocycles. The number of quaternary nitrogens is 1. The molecule has 0 aliphatic rings. The number of carboxylic acids is 1. The van der Waals surface area contributed by atoms with Gasteiger partial charge in [0.15, 0.2) is 0 Å². The molecule has 13 heavy (non-hydrogen) atoms. The summed E-state index contributed by atoms with van der Waals surface area (Å²) in [5.74, 6) is -0.352. The molecule has 0 bridgehead atoms. The quantitative estimate of drug-likeness (QED) is 0.319. The number of hydrogen-bond donors (Lipinski definition) is 1. The first-order valence-corrected chi connectivity index (χ1v) is 3.99. The number of carbonyl (C=O) groups excluding carboxylic acids is 1. The van der Waals surface area contributed by atoms with Crippen molar-refractivity contribution in [2.24, 2.45) is 10.7 Å². The summed E-state index contributed by atoms with van der Waals surface area (Å²) in [4.78, 5) is 13.1. The number of carbonyl (C=O) groups is 1. The van der Waals surface area contributed by atoms with Crippen LogP contribution in [-0.2, 0) is 4.79 Å². The third-order valence-corrected chi connectivity index (χ3v) is 1.21. The molecule has 0 aromatic carbocycles. The van der Waals surface area contributed by atoms with E-state index in [1.807, 2.05) is 21.1 Å². The Morgan fingerprint density at radius 1 is 1.46 bits per heavy atom. The van der Waals surface area contributed by atoms with Crippen LogP contribution in [0, 0.1) is 0 Å². The maximum Gasteiger partial charge on any atom is 0.294 e. The number of guanidine groups is 1. The van der Waals surface area contributed by atoms with Gasteiger partial charge in [0.1, 0.15) is 0 Å². The molecule has 78 valence electrons. The monoisotopic (exact) mass is 189 g/mol. The molecule has 5 heteroatoms. The minimum atomic E-state index is -0.995. The molecule has 0 radical (unpaired) electrons. The Bertz CT molecular complexity index is 182. The zero-order chi connectivity index (χ0) is 11.1. The van der Waals surface area contributed by atoms with Crippen LogP contribution in [0.3, 0.4) is 0 Å². The number of nitrogens with zero attached hydrogens (tertiary/aromatic N) is 2. The van der Waals surface area contributed by atoms with Crippen molar-refractivity contribution >= 4 is 11.9 Å². The summed E-state index contributed by atoms with van der Waals surface area (Å²) in [7, 11) is 7.62. The fraction of sp³-hybridized carbons (Fsp3) is 0.750. The van der Waals surface area contributed by atoms with Crippen LogP contribution in [-0.4, -0.2) is 44.6 Å². The summed E-state index contributed by atoms with van der Waals surface area (Å²) >= 11 is 0. The van der Waals surface area contributed by atoms with Crippen LogP contribution in [0.4, 0.5) is 0 Å². The average Bonchev–Trinajstić information content (AvgIpc) is 2.02. The molecule has 0 rings (SSSR count). The highest BCUT2D eigenvalue weighted by Crippen LogP contribution is 1.86. The van der Waals surface area contributed by atoms with E-state index in [9.17, 15) is 9.90 Å². The van der Waals surface area contributed by atoms with Gasteiger partial charge in [-0.3, -0.25) is 4.48 Å². The van der Waals surface area contributed by atoms with Gasteiger partial charge in [0.05, 0.1) is 21.1 Å². The number of rotatable bonds is 1. The molecule has 0 spiro atoms. The maximum absolute atomic E-state index is 9.26. The molecule has 0 unspecified atom stereocenters. The first-order chi connectivity index (χ1) is 5.75. The second-order valence-electron chi connectivity index (χ2n) is 3.32. The van der Waals surface area contributed by atoms with E-state index in [1.54, 1.807) is 7.05 Å². The van der Waals surface area contributed by atoms with Crippen LogP contribution in [0.5, 0.6) is 0 Å². The Kier molecular flexibility index (Phi) is 7.12. The van der Waals surface area contributed by atoms with E-state index >= 15 is 0 Å². The highest BCUT2D eigenvalue weighted by molar-refractivity contribution is 5.70. The number of hydrogen-bond acceptors (Lipinski definition) is 3. The summed E-state index contributed by atoms with van der Waals surface area (Å²) in [6.07, 6.45) is 0.111. The molecule has 0 atom stereocenters. The van der Waals surface area contributed by atoms with Crippen LogP contribution in [0.15, 0.2) is 4.99 Å². The van der Waals surface area contributed by atoms with Crippen molar-refractivity contribution in [3.63, 3.8) is 0 Å². The Balaban J connectivity index is 0. The summed E-state index contributed by atoms with van der Waals surface area (Å²) < 4.78 is 0.608. The topological polar surface area (TPSA) is 78.5 Å². The molecular weight excluding hydrogens is 170 g/mol. The second-order valence-corrected chi connectivity index (χ2v) is 3.32. The Hall–Kier alpha value is -1.10. The van der Waals surface area contributed by atoms with Crippen LogP contribution >= 0.6 is 0 Å². The number of aliphatic imine (C=N–C) groups is 1. The van der Waals surface area contributed by atoms with E-state index in [-0.39, 0.29) is 6.42 Å². The predicted molar refractivity (Wildman–Crippen MR) is 50.9 cm³/mol. The summed E-state index contributed by atoms with van der Waals surface area (Å²) in [6, 6.07) is 0. The van der Waals surface area contributed by atoms with Gasteiger partial charge in [0, 0.05) is 13.0 Å². The first-order valence-electron chi connectivity index (χ1n) is 3.99.